The first kappa shape index (κ1) is 16.6. The smallest absolute Gasteiger partial charge is 0.0943 e. The molecule has 0 aliphatic heterocycles. The van der Waals surface area contributed by atoms with Gasteiger partial charge in [0.25, 0.3) is 0 Å². The van der Waals surface area contributed by atoms with E-state index in [1.165, 1.54) is 10.7 Å². The Morgan fingerprint density at radius 2 is 2.14 bits per heavy atom. The van der Waals surface area contributed by atoms with Crippen LogP contribution in [-0.2, 0) is 19.9 Å². The Bertz CT molecular complexity index is 591. The van der Waals surface area contributed by atoms with Gasteiger partial charge >= 0.3 is 0 Å². The summed E-state index contributed by atoms with van der Waals surface area (Å²) >= 11 is 5.41. The first-order chi connectivity index (χ1) is 10.0. The molecule has 0 aliphatic rings. The number of hydrogen-bond donors (Lipinski definition) is 1. The van der Waals surface area contributed by atoms with Gasteiger partial charge in [0.1, 0.15) is 0 Å². The second kappa shape index (κ2) is 7.51. The Hall–Kier alpha value is -0.720. The highest BCUT2D eigenvalue weighted by Crippen LogP contribution is 2.22. The molecule has 0 aromatic carbocycles. The Morgan fingerprint density at radius 1 is 1.38 bits per heavy atom. The monoisotopic (exact) mass is 370 g/mol. The number of aryl methyl sites for hydroxylation is 3. The number of nitrogens with zero attached hydrogens (tertiary/aromatic N) is 3. The van der Waals surface area contributed by atoms with Gasteiger partial charge in [-0.3, -0.25) is 4.68 Å². The van der Waals surface area contributed by atoms with Crippen LogP contribution in [-0.4, -0.2) is 27.4 Å². The molecule has 2 heterocycles. The van der Waals surface area contributed by atoms with Gasteiger partial charge < -0.3 is 5.32 Å². The molecule has 0 saturated heterocycles. The summed E-state index contributed by atoms with van der Waals surface area (Å²) < 4.78 is 3.11. The van der Waals surface area contributed by atoms with Gasteiger partial charge in [-0.05, 0) is 42.7 Å². The molecular formula is C15H23BrN4S. The molecule has 0 aliphatic carbocycles. The van der Waals surface area contributed by atoms with E-state index < -0.39 is 0 Å². The fraction of sp³-hybridized carbons (Fsp3) is 0.600. The minimum Gasteiger partial charge on any atom is -0.313 e. The summed E-state index contributed by atoms with van der Waals surface area (Å²) in [4.78, 5) is 4.59. The van der Waals surface area contributed by atoms with Crippen molar-refractivity contribution in [1.29, 1.82) is 0 Å². The molecule has 6 heteroatoms. The third-order valence-corrected chi connectivity index (χ3v) is 5.49. The predicted molar refractivity (Wildman–Crippen MR) is 92.0 cm³/mol. The largest absolute Gasteiger partial charge is 0.313 e. The SMILES string of the molecule is CCCNC(Cc1nc(C)cs1)Cc1c(Br)c(C)nn1C. The van der Waals surface area contributed by atoms with Gasteiger partial charge in [-0.25, -0.2) is 4.98 Å². The summed E-state index contributed by atoms with van der Waals surface area (Å²) in [6.07, 6.45) is 3.06. The van der Waals surface area contributed by atoms with Crippen molar-refractivity contribution in [2.24, 2.45) is 7.05 Å². The third-order valence-electron chi connectivity index (χ3n) is 3.47. The maximum atomic E-state index is 4.59. The Kier molecular flexibility index (Phi) is 5.96. The molecule has 2 rings (SSSR count). The van der Waals surface area contributed by atoms with Gasteiger partial charge in [-0.15, -0.1) is 11.3 Å². The lowest BCUT2D eigenvalue weighted by Crippen LogP contribution is -2.34. The third kappa shape index (κ3) is 4.37. The van der Waals surface area contributed by atoms with Crippen molar-refractivity contribution in [3.05, 3.63) is 31.9 Å². The second-order valence-electron chi connectivity index (χ2n) is 5.41. The van der Waals surface area contributed by atoms with Crippen molar-refractivity contribution in [3.8, 4) is 0 Å². The zero-order valence-electron chi connectivity index (χ0n) is 13.1. The van der Waals surface area contributed by atoms with Gasteiger partial charge in [0, 0.05) is 37.0 Å². The molecule has 2 aromatic heterocycles. The van der Waals surface area contributed by atoms with Gasteiger partial charge in [0.15, 0.2) is 0 Å². The van der Waals surface area contributed by atoms with Crippen LogP contribution in [0, 0.1) is 13.8 Å². The number of aromatic nitrogens is 3. The van der Waals surface area contributed by atoms with E-state index >= 15 is 0 Å². The van der Waals surface area contributed by atoms with E-state index in [0.717, 1.165) is 41.7 Å². The number of hydrogen-bond acceptors (Lipinski definition) is 4. The van der Waals surface area contributed by atoms with Crippen LogP contribution < -0.4 is 5.32 Å². The molecule has 2 aromatic rings. The maximum absolute atomic E-state index is 4.59. The lowest BCUT2D eigenvalue weighted by Gasteiger charge is -2.18. The molecule has 0 radical (unpaired) electrons. The summed E-state index contributed by atoms with van der Waals surface area (Å²) in [5.41, 5.74) is 3.41. The lowest BCUT2D eigenvalue weighted by molar-refractivity contribution is 0.489. The van der Waals surface area contributed by atoms with Crippen LogP contribution in [0.1, 0.15) is 35.4 Å². The average Bonchev–Trinajstić information content (AvgIpc) is 2.94. The van der Waals surface area contributed by atoms with E-state index in [1.54, 1.807) is 11.3 Å². The Morgan fingerprint density at radius 3 is 2.67 bits per heavy atom. The van der Waals surface area contributed by atoms with Gasteiger partial charge in [-0.2, -0.15) is 5.10 Å². The molecule has 0 fully saturated rings. The maximum Gasteiger partial charge on any atom is 0.0943 e. The number of nitrogens with one attached hydrogen (secondary N) is 1. The minimum absolute atomic E-state index is 0.390. The normalized spacial score (nSPS) is 12.8. The molecule has 1 unspecified atom stereocenters. The molecule has 0 bridgehead atoms. The van der Waals surface area contributed by atoms with E-state index in [0.29, 0.717) is 6.04 Å². The fourth-order valence-corrected chi connectivity index (χ4v) is 3.76. The average molecular weight is 371 g/mol. The highest BCUT2D eigenvalue weighted by molar-refractivity contribution is 9.10. The molecule has 116 valence electrons. The topological polar surface area (TPSA) is 42.7 Å². The summed E-state index contributed by atoms with van der Waals surface area (Å²) in [7, 11) is 2.01. The van der Waals surface area contributed by atoms with Gasteiger partial charge in [-0.1, -0.05) is 6.92 Å². The van der Waals surface area contributed by atoms with Crippen LogP contribution in [0.25, 0.3) is 0 Å². The molecule has 1 N–H and O–H groups in total. The van der Waals surface area contributed by atoms with Crippen molar-refractivity contribution in [2.75, 3.05) is 6.54 Å². The van der Waals surface area contributed by atoms with Crippen molar-refractivity contribution in [2.45, 2.75) is 46.1 Å². The molecule has 0 amide bonds. The summed E-state index contributed by atoms with van der Waals surface area (Å²) in [5.74, 6) is 0. The Labute approximate surface area is 139 Å². The molecule has 21 heavy (non-hydrogen) atoms. The van der Waals surface area contributed by atoms with Gasteiger partial charge in [0.2, 0.25) is 0 Å². The number of rotatable bonds is 7. The quantitative estimate of drug-likeness (QED) is 0.811. The van der Waals surface area contributed by atoms with E-state index in [-0.39, 0.29) is 0 Å². The van der Waals surface area contributed by atoms with Crippen LogP contribution in [0.3, 0.4) is 0 Å². The molecule has 0 spiro atoms. The van der Waals surface area contributed by atoms with Crippen LogP contribution in [0.15, 0.2) is 9.85 Å². The molecule has 0 saturated carbocycles. The number of thiazole rings is 1. The van der Waals surface area contributed by atoms with E-state index in [2.05, 4.69) is 50.6 Å². The zero-order valence-corrected chi connectivity index (χ0v) is 15.5. The van der Waals surface area contributed by atoms with Crippen molar-refractivity contribution in [3.63, 3.8) is 0 Å². The second-order valence-corrected chi connectivity index (χ2v) is 7.15. The summed E-state index contributed by atoms with van der Waals surface area (Å²) in [6.45, 7) is 7.31. The fourth-order valence-electron chi connectivity index (χ4n) is 2.41. The van der Waals surface area contributed by atoms with Crippen molar-refractivity contribution in [1.82, 2.24) is 20.1 Å². The lowest BCUT2D eigenvalue weighted by atomic mass is 10.1. The highest BCUT2D eigenvalue weighted by Gasteiger charge is 2.18. The van der Waals surface area contributed by atoms with E-state index in [1.807, 2.05) is 18.7 Å². The molecular weight excluding hydrogens is 348 g/mol. The first-order valence-corrected chi connectivity index (χ1v) is 9.00. The van der Waals surface area contributed by atoms with E-state index in [4.69, 9.17) is 0 Å². The number of halogens is 1. The van der Waals surface area contributed by atoms with Crippen molar-refractivity contribution >= 4 is 27.3 Å². The van der Waals surface area contributed by atoms with Crippen LogP contribution in [0.2, 0.25) is 0 Å². The standard InChI is InChI=1S/C15H23BrN4S/c1-5-6-17-12(8-14-18-10(2)9-21-14)7-13-15(16)11(3)19-20(13)4/h9,12,17H,5-8H2,1-4H3. The summed E-state index contributed by atoms with van der Waals surface area (Å²) in [5, 5.41) is 11.5. The molecule has 4 nitrogen and oxygen atoms in total. The van der Waals surface area contributed by atoms with Crippen LogP contribution >= 0.6 is 27.3 Å². The first-order valence-electron chi connectivity index (χ1n) is 7.33. The van der Waals surface area contributed by atoms with Crippen LogP contribution in [0.5, 0.6) is 0 Å². The van der Waals surface area contributed by atoms with Gasteiger partial charge in [0.05, 0.1) is 20.9 Å². The summed E-state index contributed by atoms with van der Waals surface area (Å²) in [6, 6.07) is 0.390. The van der Waals surface area contributed by atoms with Crippen LogP contribution in [0.4, 0.5) is 0 Å². The minimum atomic E-state index is 0.390. The van der Waals surface area contributed by atoms with Crippen molar-refractivity contribution < 1.29 is 0 Å². The Balaban J connectivity index is 2.12. The molecule has 1 atom stereocenters. The highest BCUT2D eigenvalue weighted by atomic mass is 79.9. The zero-order chi connectivity index (χ0) is 15.4. The predicted octanol–water partition coefficient (Wildman–Crippen LogP) is 3.41. The van der Waals surface area contributed by atoms with E-state index in [9.17, 15) is 0 Å².